The van der Waals surface area contributed by atoms with Crippen LogP contribution in [0.2, 0.25) is 5.02 Å². The smallest absolute Gasteiger partial charge is 0.243 e. The fraction of sp³-hybridized carbons (Fsp3) is 0.500. The molecule has 5 nitrogen and oxygen atoms in total. The lowest BCUT2D eigenvalue weighted by Crippen LogP contribution is -2.40. The number of rotatable bonds is 5. The molecule has 1 aliphatic heterocycles. The second-order valence-corrected chi connectivity index (χ2v) is 7.35. The maximum atomic E-state index is 12.7. The number of sulfonamides is 1. The third-order valence-corrected chi connectivity index (χ3v) is 5.89. The van der Waals surface area contributed by atoms with Gasteiger partial charge in [0.2, 0.25) is 10.0 Å². The molecular formula is C14H18ClN3O2S. The molecule has 1 N–H and O–H groups in total. The third kappa shape index (κ3) is 3.55. The molecule has 0 aromatic heterocycles. The van der Waals surface area contributed by atoms with E-state index in [4.69, 9.17) is 16.9 Å². The van der Waals surface area contributed by atoms with Crippen molar-refractivity contribution in [2.24, 2.45) is 0 Å². The second-order valence-electron chi connectivity index (χ2n) is 5.00. The summed E-state index contributed by atoms with van der Waals surface area (Å²) >= 11 is 5.94. The quantitative estimate of drug-likeness (QED) is 0.897. The lowest BCUT2D eigenvalue weighted by molar-refractivity contribution is 0.383. The van der Waals surface area contributed by atoms with E-state index in [2.05, 4.69) is 5.32 Å². The van der Waals surface area contributed by atoms with E-state index in [1.54, 1.807) is 0 Å². The zero-order valence-corrected chi connectivity index (χ0v) is 13.4. The Morgan fingerprint density at radius 1 is 1.52 bits per heavy atom. The standard InChI is InChI=1S/C14H18ClN3O2S/c1-2-18(10-12-4-3-7-17-12)21(19,20)13-6-5-11(9-16)14(15)8-13/h5-6,8,12,17H,2-4,7,10H2,1H3. The number of nitrogens with one attached hydrogen (secondary N) is 1. The molecule has 1 unspecified atom stereocenters. The molecule has 0 spiro atoms. The van der Waals surface area contributed by atoms with Crippen LogP contribution in [0.3, 0.4) is 0 Å². The predicted molar refractivity (Wildman–Crippen MR) is 81.6 cm³/mol. The molecule has 0 radical (unpaired) electrons. The Balaban J connectivity index is 2.26. The number of halogens is 1. The molecule has 0 amide bonds. The summed E-state index contributed by atoms with van der Waals surface area (Å²) in [6.07, 6.45) is 2.06. The molecule has 21 heavy (non-hydrogen) atoms. The molecule has 1 aromatic carbocycles. The Morgan fingerprint density at radius 2 is 2.29 bits per heavy atom. The molecule has 1 aromatic rings. The lowest BCUT2D eigenvalue weighted by Gasteiger charge is -2.24. The van der Waals surface area contributed by atoms with Crippen molar-refractivity contribution in [1.82, 2.24) is 9.62 Å². The van der Waals surface area contributed by atoms with E-state index in [0.29, 0.717) is 13.1 Å². The van der Waals surface area contributed by atoms with Gasteiger partial charge in [0.15, 0.2) is 0 Å². The van der Waals surface area contributed by atoms with Crippen LogP contribution in [0, 0.1) is 11.3 Å². The molecule has 1 saturated heterocycles. The minimum atomic E-state index is -3.59. The van der Waals surface area contributed by atoms with Crippen molar-refractivity contribution in [1.29, 1.82) is 5.26 Å². The zero-order valence-electron chi connectivity index (χ0n) is 11.8. The van der Waals surface area contributed by atoms with E-state index in [0.717, 1.165) is 19.4 Å². The van der Waals surface area contributed by atoms with Gasteiger partial charge in [0.05, 0.1) is 15.5 Å². The van der Waals surface area contributed by atoms with Crippen molar-refractivity contribution in [2.75, 3.05) is 19.6 Å². The highest BCUT2D eigenvalue weighted by Gasteiger charge is 2.27. The molecular weight excluding hydrogens is 310 g/mol. The number of hydrogen-bond acceptors (Lipinski definition) is 4. The third-order valence-electron chi connectivity index (χ3n) is 3.64. The van der Waals surface area contributed by atoms with Crippen LogP contribution in [-0.2, 0) is 10.0 Å². The number of nitrogens with zero attached hydrogens (tertiary/aromatic N) is 2. The van der Waals surface area contributed by atoms with Gasteiger partial charge < -0.3 is 5.32 Å². The first-order chi connectivity index (χ1) is 9.98. The zero-order chi connectivity index (χ0) is 15.5. The normalized spacial score (nSPS) is 18.9. The molecule has 1 atom stereocenters. The maximum absolute atomic E-state index is 12.7. The van der Waals surface area contributed by atoms with Gasteiger partial charge in [0.25, 0.3) is 0 Å². The summed E-state index contributed by atoms with van der Waals surface area (Å²) in [5.41, 5.74) is 0.274. The van der Waals surface area contributed by atoms with Crippen molar-refractivity contribution >= 4 is 21.6 Å². The van der Waals surface area contributed by atoms with Gasteiger partial charge in [-0.25, -0.2) is 8.42 Å². The van der Waals surface area contributed by atoms with Crippen molar-refractivity contribution in [3.05, 3.63) is 28.8 Å². The van der Waals surface area contributed by atoms with Crippen LogP contribution >= 0.6 is 11.6 Å². The highest BCUT2D eigenvalue weighted by Crippen LogP contribution is 2.23. The van der Waals surface area contributed by atoms with E-state index < -0.39 is 10.0 Å². The predicted octanol–water partition coefficient (Wildman–Crippen LogP) is 1.97. The van der Waals surface area contributed by atoms with Gasteiger partial charge in [-0.3, -0.25) is 0 Å². The Labute approximate surface area is 130 Å². The highest BCUT2D eigenvalue weighted by molar-refractivity contribution is 7.89. The van der Waals surface area contributed by atoms with Crippen molar-refractivity contribution in [3.8, 4) is 6.07 Å². The Bertz CT molecular complexity index is 649. The van der Waals surface area contributed by atoms with E-state index in [1.165, 1.54) is 22.5 Å². The van der Waals surface area contributed by atoms with Crippen LogP contribution in [0.15, 0.2) is 23.1 Å². The summed E-state index contributed by atoms with van der Waals surface area (Å²) in [6.45, 7) is 3.61. The summed E-state index contributed by atoms with van der Waals surface area (Å²) in [5, 5.41) is 12.3. The molecule has 0 saturated carbocycles. The van der Waals surface area contributed by atoms with Gasteiger partial charge in [-0.15, -0.1) is 0 Å². The number of nitriles is 1. The van der Waals surface area contributed by atoms with Gasteiger partial charge in [0, 0.05) is 19.1 Å². The van der Waals surface area contributed by atoms with Gasteiger partial charge in [-0.2, -0.15) is 9.57 Å². The summed E-state index contributed by atoms with van der Waals surface area (Å²) < 4.78 is 26.8. The minimum Gasteiger partial charge on any atom is -0.313 e. The topological polar surface area (TPSA) is 73.2 Å². The molecule has 0 aliphatic carbocycles. The summed E-state index contributed by atoms with van der Waals surface area (Å²) in [7, 11) is -3.59. The monoisotopic (exact) mass is 327 g/mol. The molecule has 7 heteroatoms. The molecule has 0 bridgehead atoms. The van der Waals surface area contributed by atoms with Gasteiger partial charge >= 0.3 is 0 Å². The lowest BCUT2D eigenvalue weighted by atomic mass is 10.2. The molecule has 1 fully saturated rings. The highest BCUT2D eigenvalue weighted by atomic mass is 35.5. The maximum Gasteiger partial charge on any atom is 0.243 e. The first-order valence-corrected chi connectivity index (χ1v) is 8.74. The summed E-state index contributed by atoms with van der Waals surface area (Å²) in [4.78, 5) is 0.131. The fourth-order valence-corrected chi connectivity index (χ4v) is 4.26. The molecule has 114 valence electrons. The van der Waals surface area contributed by atoms with Crippen molar-refractivity contribution in [3.63, 3.8) is 0 Å². The van der Waals surface area contributed by atoms with Crippen LogP contribution in [0.4, 0.5) is 0 Å². The van der Waals surface area contributed by atoms with E-state index in [9.17, 15) is 8.42 Å². The number of hydrogen-bond donors (Lipinski definition) is 1. The van der Waals surface area contributed by atoms with Crippen LogP contribution in [0.5, 0.6) is 0 Å². The minimum absolute atomic E-state index is 0.131. The van der Waals surface area contributed by atoms with E-state index in [1.807, 2.05) is 13.0 Å². The van der Waals surface area contributed by atoms with Crippen LogP contribution in [0.1, 0.15) is 25.3 Å². The van der Waals surface area contributed by atoms with Crippen LogP contribution in [-0.4, -0.2) is 38.4 Å². The Hall–Kier alpha value is -1.13. The molecule has 1 aliphatic rings. The SMILES string of the molecule is CCN(CC1CCCN1)S(=O)(=O)c1ccc(C#N)c(Cl)c1. The van der Waals surface area contributed by atoms with Gasteiger partial charge in [-0.1, -0.05) is 18.5 Å². The Morgan fingerprint density at radius 3 is 2.81 bits per heavy atom. The Kier molecular flexibility index (Phi) is 5.22. The molecule has 1 heterocycles. The van der Waals surface area contributed by atoms with E-state index >= 15 is 0 Å². The second kappa shape index (κ2) is 6.75. The summed E-state index contributed by atoms with van der Waals surface area (Å²) in [6, 6.07) is 6.35. The first kappa shape index (κ1) is 16.2. The van der Waals surface area contributed by atoms with Crippen LogP contribution < -0.4 is 5.32 Å². The molecule has 2 rings (SSSR count). The first-order valence-electron chi connectivity index (χ1n) is 6.92. The van der Waals surface area contributed by atoms with Crippen LogP contribution in [0.25, 0.3) is 0 Å². The number of likely N-dealkylation sites (N-methyl/N-ethyl adjacent to an activating group) is 1. The van der Waals surface area contributed by atoms with Gasteiger partial charge in [-0.05, 0) is 37.6 Å². The van der Waals surface area contributed by atoms with Crippen molar-refractivity contribution in [2.45, 2.75) is 30.7 Å². The fourth-order valence-electron chi connectivity index (χ4n) is 2.45. The average Bonchev–Trinajstić information content (AvgIpc) is 2.97. The number of benzene rings is 1. The van der Waals surface area contributed by atoms with E-state index in [-0.39, 0.29) is 21.5 Å². The largest absolute Gasteiger partial charge is 0.313 e. The van der Waals surface area contributed by atoms with Gasteiger partial charge in [0.1, 0.15) is 6.07 Å². The average molecular weight is 328 g/mol. The summed E-state index contributed by atoms with van der Waals surface area (Å²) in [5.74, 6) is 0. The van der Waals surface area contributed by atoms with Crippen molar-refractivity contribution < 1.29 is 8.42 Å².